The van der Waals surface area contributed by atoms with Crippen molar-refractivity contribution in [3.8, 4) is 5.75 Å². The maximum absolute atomic E-state index is 11.0. The van der Waals surface area contributed by atoms with Crippen LogP contribution in [-0.4, -0.2) is 20.9 Å². The average molecular weight is 223 g/mol. The first kappa shape index (κ1) is 10.1. The van der Waals surface area contributed by atoms with Crippen molar-refractivity contribution in [1.29, 1.82) is 0 Å². The highest BCUT2D eigenvalue weighted by Crippen LogP contribution is 2.26. The van der Waals surface area contributed by atoms with Crippen LogP contribution in [0.15, 0.2) is 35.4 Å². The molecule has 4 nitrogen and oxygen atoms in total. The van der Waals surface area contributed by atoms with Gasteiger partial charge in [-0.1, -0.05) is 6.07 Å². The van der Waals surface area contributed by atoms with E-state index in [1.165, 1.54) is 0 Å². The van der Waals surface area contributed by atoms with Gasteiger partial charge in [-0.15, -0.1) is 0 Å². The fraction of sp³-hybridized carbons (Fsp3) is 0.100. The summed E-state index contributed by atoms with van der Waals surface area (Å²) in [5.41, 5.74) is 0.498. The highest BCUT2D eigenvalue weighted by Gasteiger charge is 2.09. The summed E-state index contributed by atoms with van der Waals surface area (Å²) in [4.78, 5) is 4.38. The van der Waals surface area contributed by atoms with Gasteiger partial charge in [0.2, 0.25) is 0 Å². The summed E-state index contributed by atoms with van der Waals surface area (Å²) < 4.78 is 25.3. The molecule has 0 bridgehead atoms. The molecule has 0 spiro atoms. The van der Waals surface area contributed by atoms with Gasteiger partial charge < -0.3 is 9.29 Å². The Hall–Kier alpha value is -1.46. The van der Waals surface area contributed by atoms with Crippen LogP contribution < -0.4 is 4.74 Å². The van der Waals surface area contributed by atoms with Gasteiger partial charge in [0.05, 0.1) is 17.5 Å². The summed E-state index contributed by atoms with van der Waals surface area (Å²) in [7, 11) is 1.55. The number of nitrogens with zero attached hydrogens (tertiary/aromatic N) is 1. The van der Waals surface area contributed by atoms with Gasteiger partial charge in [0.25, 0.3) is 0 Å². The number of rotatable bonds is 2. The second-order valence-electron chi connectivity index (χ2n) is 2.91. The Kier molecular flexibility index (Phi) is 2.66. The van der Waals surface area contributed by atoms with E-state index in [1.807, 2.05) is 0 Å². The summed E-state index contributed by atoms with van der Waals surface area (Å²) in [6.07, 6.45) is 1.55. The van der Waals surface area contributed by atoms with E-state index >= 15 is 0 Å². The van der Waals surface area contributed by atoms with Crippen LogP contribution >= 0.6 is 0 Å². The first-order valence-corrected chi connectivity index (χ1v) is 5.37. The maximum Gasteiger partial charge on any atom is 0.188 e. The molecule has 0 aliphatic heterocycles. The smallest absolute Gasteiger partial charge is 0.188 e. The zero-order valence-corrected chi connectivity index (χ0v) is 8.82. The summed E-state index contributed by atoms with van der Waals surface area (Å²) in [5, 5.41) is 0.736. The number of benzene rings is 1. The van der Waals surface area contributed by atoms with E-state index in [9.17, 15) is 4.21 Å². The molecule has 0 aliphatic rings. The van der Waals surface area contributed by atoms with Crippen LogP contribution in [0.2, 0.25) is 0 Å². The lowest BCUT2D eigenvalue weighted by Crippen LogP contribution is -1.93. The highest BCUT2D eigenvalue weighted by atomic mass is 32.2. The minimum atomic E-state index is -2.03. The molecule has 1 unspecified atom stereocenters. The van der Waals surface area contributed by atoms with Crippen molar-refractivity contribution in [3.63, 3.8) is 0 Å². The molecule has 1 N–H and O–H groups in total. The SMILES string of the molecule is COc1ccnc2c(S(=O)O)cccc12. The van der Waals surface area contributed by atoms with Crippen molar-refractivity contribution in [1.82, 2.24) is 4.98 Å². The molecule has 0 fully saturated rings. The Bertz CT molecular complexity index is 527. The predicted molar refractivity (Wildman–Crippen MR) is 57.3 cm³/mol. The number of fused-ring (bicyclic) bond motifs is 1. The molecule has 1 aromatic carbocycles. The predicted octanol–water partition coefficient (Wildman–Crippen LogP) is 1.82. The third kappa shape index (κ3) is 1.71. The van der Waals surface area contributed by atoms with Crippen molar-refractivity contribution in [3.05, 3.63) is 30.5 Å². The second-order valence-corrected chi connectivity index (χ2v) is 3.85. The third-order valence-corrected chi connectivity index (χ3v) is 2.81. The Labute approximate surface area is 89.2 Å². The van der Waals surface area contributed by atoms with Crippen molar-refractivity contribution in [2.45, 2.75) is 4.90 Å². The molecule has 0 saturated carbocycles. The zero-order valence-electron chi connectivity index (χ0n) is 8.01. The summed E-state index contributed by atoms with van der Waals surface area (Å²) in [6, 6.07) is 6.80. The molecule has 0 aliphatic carbocycles. The number of methoxy groups -OCH3 is 1. The fourth-order valence-electron chi connectivity index (χ4n) is 1.44. The number of hydrogen-bond acceptors (Lipinski definition) is 3. The van der Waals surface area contributed by atoms with E-state index in [0.717, 1.165) is 5.39 Å². The van der Waals surface area contributed by atoms with Crippen LogP contribution in [0.4, 0.5) is 0 Å². The molecule has 78 valence electrons. The molecule has 0 radical (unpaired) electrons. The van der Waals surface area contributed by atoms with E-state index in [4.69, 9.17) is 9.29 Å². The van der Waals surface area contributed by atoms with Crippen LogP contribution in [0.3, 0.4) is 0 Å². The Morgan fingerprint density at radius 3 is 2.87 bits per heavy atom. The molecular weight excluding hydrogens is 214 g/mol. The molecule has 1 atom stereocenters. The van der Waals surface area contributed by atoms with Gasteiger partial charge in [0, 0.05) is 11.6 Å². The minimum Gasteiger partial charge on any atom is -0.496 e. The highest BCUT2D eigenvalue weighted by molar-refractivity contribution is 7.79. The molecule has 1 aromatic heterocycles. The molecular formula is C10H9NO3S. The van der Waals surface area contributed by atoms with Crippen LogP contribution in [0.1, 0.15) is 0 Å². The summed E-state index contributed by atoms with van der Waals surface area (Å²) in [5.74, 6) is 0.646. The van der Waals surface area contributed by atoms with E-state index in [0.29, 0.717) is 16.2 Å². The molecule has 0 amide bonds. The Balaban J connectivity index is 2.82. The van der Waals surface area contributed by atoms with Crippen LogP contribution in [0.5, 0.6) is 5.75 Å². The summed E-state index contributed by atoms with van der Waals surface area (Å²) >= 11 is -2.03. The molecule has 2 aromatic rings. The first-order chi connectivity index (χ1) is 7.24. The van der Waals surface area contributed by atoms with Gasteiger partial charge in [-0.25, -0.2) is 4.21 Å². The van der Waals surface area contributed by atoms with Gasteiger partial charge in [-0.2, -0.15) is 0 Å². The topological polar surface area (TPSA) is 59.4 Å². The first-order valence-electron chi connectivity index (χ1n) is 4.26. The van der Waals surface area contributed by atoms with Crippen LogP contribution in [0, 0.1) is 0 Å². The molecule has 15 heavy (non-hydrogen) atoms. The van der Waals surface area contributed by atoms with Crippen molar-refractivity contribution < 1.29 is 13.5 Å². The van der Waals surface area contributed by atoms with Crippen molar-refractivity contribution in [2.75, 3.05) is 7.11 Å². The maximum atomic E-state index is 11.0. The zero-order chi connectivity index (χ0) is 10.8. The Morgan fingerprint density at radius 1 is 1.40 bits per heavy atom. The number of ether oxygens (including phenoxy) is 1. The van der Waals surface area contributed by atoms with Crippen LogP contribution in [-0.2, 0) is 11.1 Å². The minimum absolute atomic E-state index is 0.298. The van der Waals surface area contributed by atoms with Crippen molar-refractivity contribution in [2.24, 2.45) is 0 Å². The van der Waals surface area contributed by atoms with Gasteiger partial charge in [0.15, 0.2) is 11.1 Å². The van der Waals surface area contributed by atoms with Gasteiger partial charge >= 0.3 is 0 Å². The lowest BCUT2D eigenvalue weighted by Gasteiger charge is -2.05. The second kappa shape index (κ2) is 3.96. The van der Waals surface area contributed by atoms with E-state index in [1.54, 1.807) is 37.6 Å². The lowest BCUT2D eigenvalue weighted by molar-refractivity contribution is 0.419. The fourth-order valence-corrected chi connectivity index (χ4v) is 1.97. The third-order valence-electron chi connectivity index (χ3n) is 2.10. The number of aromatic nitrogens is 1. The van der Waals surface area contributed by atoms with Gasteiger partial charge in [0.1, 0.15) is 5.75 Å². The van der Waals surface area contributed by atoms with E-state index < -0.39 is 11.1 Å². The standard InChI is InChI=1S/C10H9NO3S/c1-14-8-5-6-11-10-7(8)3-2-4-9(10)15(12)13/h2-6H,1H3,(H,12,13). The molecule has 1 heterocycles. The van der Waals surface area contributed by atoms with E-state index in [-0.39, 0.29) is 0 Å². The number of pyridine rings is 1. The number of hydrogen-bond donors (Lipinski definition) is 1. The Morgan fingerprint density at radius 2 is 2.20 bits per heavy atom. The normalized spacial score (nSPS) is 12.7. The number of para-hydroxylation sites is 1. The monoisotopic (exact) mass is 223 g/mol. The van der Waals surface area contributed by atoms with Crippen LogP contribution in [0.25, 0.3) is 10.9 Å². The van der Waals surface area contributed by atoms with Gasteiger partial charge in [-0.3, -0.25) is 4.98 Å². The molecule has 2 rings (SSSR count). The lowest BCUT2D eigenvalue weighted by atomic mass is 10.2. The quantitative estimate of drug-likeness (QED) is 0.789. The van der Waals surface area contributed by atoms with Gasteiger partial charge in [-0.05, 0) is 18.2 Å². The summed E-state index contributed by atoms with van der Waals surface area (Å²) in [6.45, 7) is 0. The van der Waals surface area contributed by atoms with Crippen molar-refractivity contribution >= 4 is 22.0 Å². The molecule has 5 heteroatoms. The van der Waals surface area contributed by atoms with E-state index in [2.05, 4.69) is 4.98 Å². The molecule has 0 saturated heterocycles. The largest absolute Gasteiger partial charge is 0.496 e. The average Bonchev–Trinajstić information content (AvgIpc) is 2.27.